The van der Waals surface area contributed by atoms with Crippen LogP contribution >= 0.6 is 0 Å². The second-order valence-electron chi connectivity index (χ2n) is 6.84. The van der Waals surface area contributed by atoms with Crippen LogP contribution in [0.4, 0.5) is 0 Å². The summed E-state index contributed by atoms with van der Waals surface area (Å²) < 4.78 is 2.45. The summed E-state index contributed by atoms with van der Waals surface area (Å²) in [7, 11) is 0. The van der Waals surface area contributed by atoms with Crippen LogP contribution in [-0.2, 0) is 0 Å². The maximum Gasteiger partial charge on any atom is 0.0541 e. The Balaban J connectivity index is 2.26. The topological polar surface area (TPSA) is 4.93 Å². The maximum absolute atomic E-state index is 2.45. The normalized spacial score (nSPS) is 11.5. The van der Waals surface area contributed by atoms with Crippen molar-refractivity contribution in [1.29, 1.82) is 0 Å². The molecule has 0 saturated heterocycles. The summed E-state index contributed by atoms with van der Waals surface area (Å²) in [5, 5.41) is 2.64. The minimum atomic E-state index is 1.28. The molecule has 4 aromatic rings. The van der Waals surface area contributed by atoms with Gasteiger partial charge >= 0.3 is 0 Å². The standard InChI is InChI=1S/C23H23N/c1-14-15(2)17(4)23(18(5)16(14)3)24-21-12-8-6-10-19(21)20-11-7-9-13-22(20)24/h6-13H,1-5H3. The molecule has 0 atom stereocenters. The summed E-state index contributed by atoms with van der Waals surface area (Å²) >= 11 is 0. The van der Waals surface area contributed by atoms with E-state index in [1.807, 2.05) is 0 Å². The fourth-order valence-corrected chi connectivity index (χ4v) is 3.98. The lowest BCUT2D eigenvalue weighted by molar-refractivity contribution is 1.07. The van der Waals surface area contributed by atoms with Crippen LogP contribution in [0.5, 0.6) is 0 Å². The van der Waals surface area contributed by atoms with Gasteiger partial charge < -0.3 is 4.57 Å². The molecule has 0 unspecified atom stereocenters. The highest BCUT2D eigenvalue weighted by Crippen LogP contribution is 2.36. The van der Waals surface area contributed by atoms with E-state index < -0.39 is 0 Å². The summed E-state index contributed by atoms with van der Waals surface area (Å²) in [5.74, 6) is 0. The quantitative estimate of drug-likeness (QED) is 0.387. The second kappa shape index (κ2) is 5.24. The number of para-hydroxylation sites is 2. The zero-order valence-corrected chi connectivity index (χ0v) is 15.1. The summed E-state index contributed by atoms with van der Waals surface area (Å²) in [6, 6.07) is 17.5. The lowest BCUT2D eigenvalue weighted by atomic mass is 9.92. The van der Waals surface area contributed by atoms with Crippen molar-refractivity contribution in [1.82, 2.24) is 4.57 Å². The Kier molecular flexibility index (Phi) is 3.28. The molecule has 0 saturated carbocycles. The van der Waals surface area contributed by atoms with Gasteiger partial charge in [0.25, 0.3) is 0 Å². The van der Waals surface area contributed by atoms with Gasteiger partial charge in [0.15, 0.2) is 0 Å². The van der Waals surface area contributed by atoms with Gasteiger partial charge in [-0.2, -0.15) is 0 Å². The van der Waals surface area contributed by atoms with E-state index in [1.54, 1.807) is 0 Å². The first kappa shape index (κ1) is 15.0. The second-order valence-corrected chi connectivity index (χ2v) is 6.84. The van der Waals surface area contributed by atoms with E-state index in [0.717, 1.165) is 0 Å². The summed E-state index contributed by atoms with van der Waals surface area (Å²) in [6.07, 6.45) is 0. The number of aromatic nitrogens is 1. The number of nitrogens with zero attached hydrogens (tertiary/aromatic N) is 1. The van der Waals surface area contributed by atoms with Crippen LogP contribution in [0.2, 0.25) is 0 Å². The highest BCUT2D eigenvalue weighted by atomic mass is 15.0. The fraction of sp³-hybridized carbons (Fsp3) is 0.217. The smallest absolute Gasteiger partial charge is 0.0541 e. The number of rotatable bonds is 1. The van der Waals surface area contributed by atoms with E-state index in [9.17, 15) is 0 Å². The molecular weight excluding hydrogens is 290 g/mol. The van der Waals surface area contributed by atoms with Crippen LogP contribution in [0.3, 0.4) is 0 Å². The van der Waals surface area contributed by atoms with Crippen molar-refractivity contribution in [2.24, 2.45) is 0 Å². The Bertz CT molecular complexity index is 1010. The van der Waals surface area contributed by atoms with Gasteiger partial charge in [-0.25, -0.2) is 0 Å². The van der Waals surface area contributed by atoms with Crippen molar-refractivity contribution in [3.8, 4) is 5.69 Å². The molecule has 0 N–H and O–H groups in total. The molecule has 1 heteroatoms. The van der Waals surface area contributed by atoms with E-state index in [-0.39, 0.29) is 0 Å². The van der Waals surface area contributed by atoms with Gasteiger partial charge in [0, 0.05) is 10.8 Å². The molecule has 0 amide bonds. The van der Waals surface area contributed by atoms with Gasteiger partial charge in [0.2, 0.25) is 0 Å². The average molecular weight is 313 g/mol. The van der Waals surface area contributed by atoms with Gasteiger partial charge in [0.1, 0.15) is 0 Å². The summed E-state index contributed by atoms with van der Waals surface area (Å²) in [6.45, 7) is 11.2. The highest BCUT2D eigenvalue weighted by molar-refractivity contribution is 6.09. The Labute approximate surface area is 143 Å². The molecule has 1 heterocycles. The molecule has 24 heavy (non-hydrogen) atoms. The molecule has 120 valence electrons. The largest absolute Gasteiger partial charge is 0.309 e. The first-order chi connectivity index (χ1) is 11.5. The monoisotopic (exact) mass is 313 g/mol. The van der Waals surface area contributed by atoms with Crippen molar-refractivity contribution in [3.05, 3.63) is 76.3 Å². The minimum absolute atomic E-state index is 1.28. The van der Waals surface area contributed by atoms with E-state index in [4.69, 9.17) is 0 Å². The Morgan fingerprint density at radius 2 is 0.875 bits per heavy atom. The Morgan fingerprint density at radius 3 is 1.33 bits per heavy atom. The van der Waals surface area contributed by atoms with Gasteiger partial charge in [0.05, 0.1) is 16.7 Å². The van der Waals surface area contributed by atoms with E-state index >= 15 is 0 Å². The first-order valence-corrected chi connectivity index (χ1v) is 8.58. The first-order valence-electron chi connectivity index (χ1n) is 8.58. The number of hydrogen-bond donors (Lipinski definition) is 0. The van der Waals surface area contributed by atoms with Gasteiger partial charge in [-0.05, 0) is 74.6 Å². The SMILES string of the molecule is Cc1c(C)c(C)c(-n2c3ccccc3c3ccccc32)c(C)c1C. The van der Waals surface area contributed by atoms with Crippen LogP contribution in [0.15, 0.2) is 48.5 Å². The zero-order valence-electron chi connectivity index (χ0n) is 15.1. The van der Waals surface area contributed by atoms with Crippen LogP contribution < -0.4 is 0 Å². The predicted molar refractivity (Wildman–Crippen MR) is 104 cm³/mol. The van der Waals surface area contributed by atoms with Gasteiger partial charge in [-0.3, -0.25) is 0 Å². The Morgan fingerprint density at radius 1 is 0.500 bits per heavy atom. The van der Waals surface area contributed by atoms with Crippen LogP contribution in [0, 0.1) is 34.6 Å². The molecule has 0 spiro atoms. The summed E-state index contributed by atoms with van der Waals surface area (Å²) in [4.78, 5) is 0. The lowest BCUT2D eigenvalue weighted by Gasteiger charge is -2.21. The molecule has 0 aliphatic heterocycles. The third-order valence-electron chi connectivity index (χ3n) is 5.76. The van der Waals surface area contributed by atoms with Crippen molar-refractivity contribution in [3.63, 3.8) is 0 Å². The summed E-state index contributed by atoms with van der Waals surface area (Å²) in [5.41, 5.74) is 10.9. The van der Waals surface area contributed by atoms with Crippen LogP contribution in [-0.4, -0.2) is 4.57 Å². The number of benzene rings is 3. The van der Waals surface area contributed by atoms with Crippen molar-refractivity contribution in [2.75, 3.05) is 0 Å². The van der Waals surface area contributed by atoms with Gasteiger partial charge in [-0.15, -0.1) is 0 Å². The fourth-order valence-electron chi connectivity index (χ4n) is 3.98. The molecule has 3 aromatic carbocycles. The molecule has 0 aliphatic rings. The van der Waals surface area contributed by atoms with E-state index in [1.165, 1.54) is 55.3 Å². The number of fused-ring (bicyclic) bond motifs is 3. The zero-order chi connectivity index (χ0) is 17.0. The molecule has 0 fully saturated rings. The predicted octanol–water partition coefficient (Wildman–Crippen LogP) is 6.33. The van der Waals surface area contributed by atoms with E-state index in [0.29, 0.717) is 0 Å². The Hall–Kier alpha value is -2.54. The molecule has 0 radical (unpaired) electrons. The number of hydrogen-bond acceptors (Lipinski definition) is 0. The molecule has 1 aromatic heterocycles. The molecule has 0 aliphatic carbocycles. The van der Waals surface area contributed by atoms with Crippen molar-refractivity contribution in [2.45, 2.75) is 34.6 Å². The molecule has 4 rings (SSSR count). The van der Waals surface area contributed by atoms with E-state index in [2.05, 4.69) is 87.7 Å². The van der Waals surface area contributed by atoms with Crippen LogP contribution in [0.1, 0.15) is 27.8 Å². The molecule has 0 bridgehead atoms. The lowest BCUT2D eigenvalue weighted by Crippen LogP contribution is -2.06. The third kappa shape index (κ3) is 1.88. The average Bonchev–Trinajstić information content (AvgIpc) is 2.94. The van der Waals surface area contributed by atoms with Crippen LogP contribution in [0.25, 0.3) is 27.5 Å². The molecular formula is C23H23N. The minimum Gasteiger partial charge on any atom is -0.309 e. The highest BCUT2D eigenvalue weighted by Gasteiger charge is 2.18. The molecule has 1 nitrogen and oxygen atoms in total. The maximum atomic E-state index is 2.45. The van der Waals surface area contributed by atoms with Crippen molar-refractivity contribution >= 4 is 21.8 Å². The third-order valence-corrected chi connectivity index (χ3v) is 5.76. The van der Waals surface area contributed by atoms with Gasteiger partial charge in [-0.1, -0.05) is 36.4 Å². The van der Waals surface area contributed by atoms with Crippen molar-refractivity contribution < 1.29 is 0 Å².